The second kappa shape index (κ2) is 6.92. The maximum Gasteiger partial charge on any atom is 0.216 e. The minimum Gasteiger partial charge on any atom is -0.378 e. The van der Waals surface area contributed by atoms with Crippen LogP contribution in [-0.2, 0) is 14.8 Å². The van der Waals surface area contributed by atoms with Gasteiger partial charge < -0.3 is 4.74 Å². The summed E-state index contributed by atoms with van der Waals surface area (Å²) in [6.07, 6.45) is 3.10. The van der Waals surface area contributed by atoms with Crippen LogP contribution in [0.25, 0.3) is 0 Å². The average Bonchev–Trinajstić information content (AvgIpc) is 2.13. The summed E-state index contributed by atoms with van der Waals surface area (Å²) < 4.78 is 31.1. The Hall–Kier alpha value is 0.160. The second-order valence-electron chi connectivity index (χ2n) is 4.62. The molecule has 0 atom stereocenters. The summed E-state index contributed by atoms with van der Waals surface area (Å²) in [5, 5.41) is 0. The molecular weight excluding hydrogens is 262 g/mol. The molecular formula is C11H22ClNO3S. The Labute approximate surface area is 109 Å². The van der Waals surface area contributed by atoms with E-state index in [1.54, 1.807) is 4.31 Å². The monoisotopic (exact) mass is 283 g/mol. The van der Waals surface area contributed by atoms with Gasteiger partial charge in [0.25, 0.3) is 0 Å². The molecule has 0 aromatic heterocycles. The molecule has 0 N–H and O–H groups in total. The molecule has 1 fully saturated rings. The van der Waals surface area contributed by atoms with E-state index in [9.17, 15) is 8.42 Å². The fraction of sp³-hybridized carbons (Fsp3) is 1.00. The number of halogens is 1. The van der Waals surface area contributed by atoms with Gasteiger partial charge in [0.15, 0.2) is 0 Å². The lowest BCUT2D eigenvalue weighted by atomic mass is 9.93. The fourth-order valence-electron chi connectivity index (χ4n) is 1.81. The molecule has 102 valence electrons. The van der Waals surface area contributed by atoms with Gasteiger partial charge in [0.1, 0.15) is 0 Å². The number of alkyl halides is 1. The lowest BCUT2D eigenvalue weighted by molar-refractivity contribution is 0.0901. The molecule has 0 unspecified atom stereocenters. The lowest BCUT2D eigenvalue weighted by Gasteiger charge is -2.36. The molecule has 0 saturated heterocycles. The van der Waals surface area contributed by atoms with Crippen molar-refractivity contribution in [1.29, 1.82) is 0 Å². The number of nitrogens with zero attached hydrogens (tertiary/aromatic N) is 1. The summed E-state index contributed by atoms with van der Waals surface area (Å²) in [5.41, 5.74) is 0. The van der Waals surface area contributed by atoms with Gasteiger partial charge in [0, 0.05) is 18.5 Å². The highest BCUT2D eigenvalue weighted by Gasteiger charge is 2.32. The number of ether oxygens (including phenoxy) is 1. The van der Waals surface area contributed by atoms with Crippen LogP contribution in [-0.4, -0.2) is 49.7 Å². The van der Waals surface area contributed by atoms with Crippen LogP contribution >= 0.6 is 11.6 Å². The molecule has 0 heterocycles. The van der Waals surface area contributed by atoms with Crippen LogP contribution in [0.3, 0.4) is 0 Å². The highest BCUT2D eigenvalue weighted by atomic mass is 35.5. The maximum atomic E-state index is 12.1. The minimum atomic E-state index is -3.22. The van der Waals surface area contributed by atoms with Crippen molar-refractivity contribution in [2.45, 2.75) is 45.3 Å². The van der Waals surface area contributed by atoms with E-state index in [4.69, 9.17) is 16.3 Å². The molecule has 1 saturated carbocycles. The Morgan fingerprint density at radius 1 is 1.41 bits per heavy atom. The zero-order valence-corrected chi connectivity index (χ0v) is 12.1. The van der Waals surface area contributed by atoms with Crippen molar-refractivity contribution >= 4 is 21.6 Å². The predicted molar refractivity (Wildman–Crippen MR) is 69.9 cm³/mol. The van der Waals surface area contributed by atoms with Gasteiger partial charge in [-0.3, -0.25) is 0 Å². The van der Waals surface area contributed by atoms with E-state index < -0.39 is 10.0 Å². The van der Waals surface area contributed by atoms with E-state index >= 15 is 0 Å². The Bertz CT molecular complexity index is 315. The van der Waals surface area contributed by atoms with Crippen LogP contribution in [0.1, 0.15) is 33.1 Å². The smallest absolute Gasteiger partial charge is 0.216 e. The average molecular weight is 284 g/mol. The highest BCUT2D eigenvalue weighted by Crippen LogP contribution is 2.27. The molecule has 0 amide bonds. The topological polar surface area (TPSA) is 46.6 Å². The summed E-state index contributed by atoms with van der Waals surface area (Å²) in [5.74, 6) is 0.402. The summed E-state index contributed by atoms with van der Waals surface area (Å²) in [6, 6.07) is 0.165. The van der Waals surface area contributed by atoms with Gasteiger partial charge in [0.2, 0.25) is 10.0 Å². The molecule has 0 aromatic rings. The third-order valence-corrected chi connectivity index (χ3v) is 4.98. The van der Waals surface area contributed by atoms with Gasteiger partial charge in [-0.05, 0) is 26.7 Å². The molecule has 1 aliphatic rings. The number of sulfonamides is 1. The first-order valence-electron chi connectivity index (χ1n) is 6.14. The van der Waals surface area contributed by atoms with E-state index in [0.717, 1.165) is 19.3 Å². The predicted octanol–water partition coefficient (Wildman–Crippen LogP) is 1.83. The molecule has 0 radical (unpaired) electrons. The zero-order chi connectivity index (χ0) is 12.9. The first kappa shape index (κ1) is 15.2. The molecule has 0 spiro atoms. The third kappa shape index (κ3) is 4.73. The van der Waals surface area contributed by atoms with E-state index in [1.165, 1.54) is 0 Å². The van der Waals surface area contributed by atoms with E-state index in [1.807, 2.05) is 13.8 Å². The number of hydrogen-bond acceptors (Lipinski definition) is 3. The molecule has 17 heavy (non-hydrogen) atoms. The van der Waals surface area contributed by atoms with Crippen molar-refractivity contribution in [1.82, 2.24) is 4.31 Å². The van der Waals surface area contributed by atoms with E-state index in [0.29, 0.717) is 12.4 Å². The standard InChI is InChI=1S/C11H22ClNO3S/c1-10(2)16-8-9-17(14,15)13(7-6-12)11-4-3-5-11/h10-11H,3-9H2,1-2H3. The van der Waals surface area contributed by atoms with Gasteiger partial charge in [-0.2, -0.15) is 4.31 Å². The maximum absolute atomic E-state index is 12.1. The van der Waals surface area contributed by atoms with Gasteiger partial charge in [-0.1, -0.05) is 6.42 Å². The van der Waals surface area contributed by atoms with Crippen molar-refractivity contribution in [3.8, 4) is 0 Å². The third-order valence-electron chi connectivity index (χ3n) is 2.94. The van der Waals surface area contributed by atoms with Crippen molar-refractivity contribution in [3.63, 3.8) is 0 Å². The van der Waals surface area contributed by atoms with Gasteiger partial charge in [0.05, 0.1) is 18.5 Å². The van der Waals surface area contributed by atoms with Crippen molar-refractivity contribution in [3.05, 3.63) is 0 Å². The summed E-state index contributed by atoms with van der Waals surface area (Å²) in [7, 11) is -3.22. The van der Waals surface area contributed by atoms with Gasteiger partial charge >= 0.3 is 0 Å². The quantitative estimate of drug-likeness (QED) is 0.639. The Balaban J connectivity index is 2.51. The van der Waals surface area contributed by atoms with Crippen LogP contribution in [0.15, 0.2) is 0 Å². The van der Waals surface area contributed by atoms with Crippen LogP contribution in [0, 0.1) is 0 Å². The van der Waals surface area contributed by atoms with Crippen LogP contribution < -0.4 is 0 Å². The van der Waals surface area contributed by atoms with Crippen molar-refractivity contribution < 1.29 is 13.2 Å². The first-order chi connectivity index (χ1) is 7.97. The van der Waals surface area contributed by atoms with E-state index in [2.05, 4.69) is 0 Å². The second-order valence-corrected chi connectivity index (χ2v) is 7.04. The summed E-state index contributed by atoms with van der Waals surface area (Å²) in [4.78, 5) is 0. The number of rotatable bonds is 8. The highest BCUT2D eigenvalue weighted by molar-refractivity contribution is 7.89. The van der Waals surface area contributed by atoms with Crippen molar-refractivity contribution in [2.24, 2.45) is 0 Å². The Morgan fingerprint density at radius 2 is 2.06 bits per heavy atom. The molecule has 1 rings (SSSR count). The van der Waals surface area contributed by atoms with Gasteiger partial charge in [-0.15, -0.1) is 11.6 Å². The van der Waals surface area contributed by atoms with Crippen molar-refractivity contribution in [2.75, 3.05) is 24.8 Å². The summed E-state index contributed by atoms with van der Waals surface area (Å²) >= 11 is 5.67. The molecule has 0 aliphatic heterocycles. The SMILES string of the molecule is CC(C)OCCS(=O)(=O)N(CCCl)C1CCC1. The molecule has 6 heteroatoms. The first-order valence-corrected chi connectivity index (χ1v) is 8.29. The van der Waals surface area contributed by atoms with Crippen LogP contribution in [0.2, 0.25) is 0 Å². The van der Waals surface area contributed by atoms with Gasteiger partial charge in [-0.25, -0.2) is 8.42 Å². The lowest BCUT2D eigenvalue weighted by Crippen LogP contribution is -2.46. The zero-order valence-electron chi connectivity index (χ0n) is 10.6. The molecule has 0 aromatic carbocycles. The Morgan fingerprint density at radius 3 is 2.47 bits per heavy atom. The fourth-order valence-corrected chi connectivity index (χ4v) is 3.67. The van der Waals surface area contributed by atoms with Crippen LogP contribution in [0.4, 0.5) is 0 Å². The van der Waals surface area contributed by atoms with Crippen LogP contribution in [0.5, 0.6) is 0 Å². The van der Waals surface area contributed by atoms with E-state index in [-0.39, 0.29) is 24.5 Å². The molecule has 1 aliphatic carbocycles. The minimum absolute atomic E-state index is 0.0541. The molecule has 0 bridgehead atoms. The Kier molecular flexibility index (Phi) is 6.20. The number of hydrogen-bond donors (Lipinski definition) is 0. The summed E-state index contributed by atoms with van der Waals surface area (Å²) in [6.45, 7) is 4.46. The largest absolute Gasteiger partial charge is 0.378 e. The molecule has 4 nitrogen and oxygen atoms in total. The normalized spacial score (nSPS) is 17.7.